The smallest absolute Gasteiger partial charge is 0.289 e. The topological polar surface area (TPSA) is 56.9 Å². The molecular weight excluding hydrogens is 232 g/mol. The molecule has 5 nitrogen and oxygen atoms in total. The summed E-state index contributed by atoms with van der Waals surface area (Å²) in [7, 11) is 0. The summed E-state index contributed by atoms with van der Waals surface area (Å²) in [5.41, 5.74) is 0.881. The summed E-state index contributed by atoms with van der Waals surface area (Å²) in [6, 6.07) is 1.80. The lowest BCUT2D eigenvalue weighted by Gasteiger charge is -2.34. The van der Waals surface area contributed by atoms with Gasteiger partial charge in [-0.1, -0.05) is 0 Å². The lowest BCUT2D eigenvalue weighted by Crippen LogP contribution is -2.50. The highest BCUT2D eigenvalue weighted by Crippen LogP contribution is 2.13. The Balaban J connectivity index is 1.90. The maximum Gasteiger partial charge on any atom is 0.289 e. The lowest BCUT2D eigenvalue weighted by atomic mass is 10.2. The summed E-state index contributed by atoms with van der Waals surface area (Å²) < 4.78 is 5.23. The fourth-order valence-electron chi connectivity index (χ4n) is 2.24. The van der Waals surface area contributed by atoms with Crippen molar-refractivity contribution in [2.75, 3.05) is 32.7 Å². The molecule has 2 rings (SSSR count). The maximum atomic E-state index is 12.2. The standard InChI is InChI=1S/C13H20N2O3/c1-10-3-8-18-12(10)13(17)15-6-4-14(5-7-15)9-11(2)16/h3,8,11,16H,4-7,9H2,1-2H3/t11-/m1/s1. The maximum absolute atomic E-state index is 12.2. The van der Waals surface area contributed by atoms with Crippen molar-refractivity contribution < 1.29 is 14.3 Å². The van der Waals surface area contributed by atoms with Gasteiger partial charge in [0.05, 0.1) is 12.4 Å². The van der Waals surface area contributed by atoms with Gasteiger partial charge >= 0.3 is 0 Å². The van der Waals surface area contributed by atoms with Crippen molar-refractivity contribution in [2.24, 2.45) is 0 Å². The van der Waals surface area contributed by atoms with Crippen molar-refractivity contribution in [3.05, 3.63) is 23.7 Å². The van der Waals surface area contributed by atoms with E-state index in [-0.39, 0.29) is 12.0 Å². The van der Waals surface area contributed by atoms with Crippen molar-refractivity contribution in [2.45, 2.75) is 20.0 Å². The van der Waals surface area contributed by atoms with Crippen LogP contribution in [0.4, 0.5) is 0 Å². The van der Waals surface area contributed by atoms with Gasteiger partial charge in [-0.05, 0) is 19.9 Å². The molecule has 1 amide bonds. The van der Waals surface area contributed by atoms with Gasteiger partial charge in [-0.15, -0.1) is 0 Å². The van der Waals surface area contributed by atoms with E-state index < -0.39 is 0 Å². The molecular formula is C13H20N2O3. The number of carbonyl (C=O) groups excluding carboxylic acids is 1. The van der Waals surface area contributed by atoms with Gasteiger partial charge in [-0.3, -0.25) is 9.69 Å². The van der Waals surface area contributed by atoms with Crippen LogP contribution in [0.1, 0.15) is 23.0 Å². The number of amides is 1. The van der Waals surface area contributed by atoms with Crippen molar-refractivity contribution in [1.29, 1.82) is 0 Å². The highest BCUT2D eigenvalue weighted by atomic mass is 16.3. The zero-order chi connectivity index (χ0) is 13.1. The van der Waals surface area contributed by atoms with E-state index in [4.69, 9.17) is 4.42 Å². The first-order valence-electron chi connectivity index (χ1n) is 6.31. The van der Waals surface area contributed by atoms with Gasteiger partial charge in [0.15, 0.2) is 5.76 Å². The Kier molecular flexibility index (Phi) is 4.04. The largest absolute Gasteiger partial charge is 0.459 e. The molecule has 1 atom stereocenters. The molecule has 0 spiro atoms. The number of rotatable bonds is 3. The van der Waals surface area contributed by atoms with Gasteiger partial charge in [0, 0.05) is 38.3 Å². The van der Waals surface area contributed by atoms with Gasteiger partial charge in [0.25, 0.3) is 5.91 Å². The van der Waals surface area contributed by atoms with E-state index in [1.165, 1.54) is 0 Å². The van der Waals surface area contributed by atoms with E-state index in [2.05, 4.69) is 4.90 Å². The minimum Gasteiger partial charge on any atom is -0.459 e. The molecule has 100 valence electrons. The number of hydrogen-bond donors (Lipinski definition) is 1. The number of furan rings is 1. The summed E-state index contributed by atoms with van der Waals surface area (Å²) in [5.74, 6) is 0.410. The lowest BCUT2D eigenvalue weighted by molar-refractivity contribution is 0.0527. The summed E-state index contributed by atoms with van der Waals surface area (Å²) in [6.45, 7) is 7.30. The van der Waals surface area contributed by atoms with Gasteiger partial charge in [0.1, 0.15) is 0 Å². The van der Waals surface area contributed by atoms with Gasteiger partial charge in [-0.25, -0.2) is 0 Å². The van der Waals surface area contributed by atoms with Crippen LogP contribution in [-0.2, 0) is 0 Å². The number of β-amino-alcohol motifs (C(OH)–C–C–N with tert-alkyl or cyclic N) is 1. The van der Waals surface area contributed by atoms with Gasteiger partial charge in [-0.2, -0.15) is 0 Å². The number of aliphatic hydroxyl groups is 1. The van der Waals surface area contributed by atoms with Crippen molar-refractivity contribution in [3.8, 4) is 0 Å². The monoisotopic (exact) mass is 252 g/mol. The average Bonchev–Trinajstić information content (AvgIpc) is 2.75. The van der Waals surface area contributed by atoms with Crippen LogP contribution in [0, 0.1) is 6.92 Å². The third-order valence-corrected chi connectivity index (χ3v) is 3.24. The minimum atomic E-state index is -0.320. The first-order valence-corrected chi connectivity index (χ1v) is 6.31. The van der Waals surface area contributed by atoms with Crippen molar-refractivity contribution >= 4 is 5.91 Å². The van der Waals surface area contributed by atoms with Crippen LogP contribution in [0.25, 0.3) is 0 Å². The second-order valence-electron chi connectivity index (χ2n) is 4.87. The van der Waals surface area contributed by atoms with Gasteiger partial charge < -0.3 is 14.4 Å². The molecule has 1 aliphatic heterocycles. The number of aryl methyl sites for hydroxylation is 1. The number of carbonyl (C=O) groups is 1. The van der Waals surface area contributed by atoms with E-state index in [1.807, 2.05) is 11.8 Å². The van der Waals surface area contributed by atoms with E-state index in [0.29, 0.717) is 25.4 Å². The molecule has 5 heteroatoms. The number of nitrogens with zero attached hydrogens (tertiary/aromatic N) is 2. The van der Waals surface area contributed by atoms with Crippen LogP contribution >= 0.6 is 0 Å². The number of hydrogen-bond acceptors (Lipinski definition) is 4. The first-order chi connectivity index (χ1) is 8.58. The quantitative estimate of drug-likeness (QED) is 0.861. The molecule has 18 heavy (non-hydrogen) atoms. The van der Waals surface area contributed by atoms with E-state index >= 15 is 0 Å². The normalized spacial score (nSPS) is 18.9. The Hall–Kier alpha value is -1.33. The Morgan fingerprint density at radius 2 is 2.11 bits per heavy atom. The van der Waals surface area contributed by atoms with Crippen LogP contribution in [0.5, 0.6) is 0 Å². The molecule has 1 aromatic rings. The van der Waals surface area contributed by atoms with E-state index in [9.17, 15) is 9.90 Å². The minimum absolute atomic E-state index is 0.0332. The average molecular weight is 252 g/mol. The molecule has 2 heterocycles. The summed E-state index contributed by atoms with van der Waals surface area (Å²) in [6.07, 6.45) is 1.23. The highest BCUT2D eigenvalue weighted by molar-refractivity contribution is 5.92. The van der Waals surface area contributed by atoms with E-state index in [1.54, 1.807) is 19.3 Å². The predicted molar refractivity (Wildman–Crippen MR) is 67.5 cm³/mol. The molecule has 1 aromatic heterocycles. The number of piperazine rings is 1. The zero-order valence-corrected chi connectivity index (χ0v) is 10.9. The number of aliphatic hydroxyl groups excluding tert-OH is 1. The Morgan fingerprint density at radius 3 is 2.61 bits per heavy atom. The molecule has 1 saturated heterocycles. The molecule has 1 N–H and O–H groups in total. The second kappa shape index (κ2) is 5.54. The molecule has 1 fully saturated rings. The molecule has 0 aliphatic carbocycles. The zero-order valence-electron chi connectivity index (χ0n) is 10.9. The summed E-state index contributed by atoms with van der Waals surface area (Å²) in [5, 5.41) is 9.33. The van der Waals surface area contributed by atoms with Crippen LogP contribution in [0.15, 0.2) is 16.7 Å². The molecule has 1 aliphatic rings. The second-order valence-corrected chi connectivity index (χ2v) is 4.87. The third kappa shape index (κ3) is 2.91. The first kappa shape index (κ1) is 13.1. The molecule has 0 radical (unpaired) electrons. The SMILES string of the molecule is Cc1ccoc1C(=O)N1CCN(C[C@@H](C)O)CC1. The fourth-order valence-corrected chi connectivity index (χ4v) is 2.24. The predicted octanol–water partition coefficient (Wildman–Crippen LogP) is 0.727. The highest BCUT2D eigenvalue weighted by Gasteiger charge is 2.25. The molecule has 0 aromatic carbocycles. The van der Waals surface area contributed by atoms with Crippen molar-refractivity contribution in [3.63, 3.8) is 0 Å². The van der Waals surface area contributed by atoms with Gasteiger partial charge in [0.2, 0.25) is 0 Å². The Morgan fingerprint density at radius 1 is 1.44 bits per heavy atom. The van der Waals surface area contributed by atoms with Crippen LogP contribution in [0.2, 0.25) is 0 Å². The van der Waals surface area contributed by atoms with E-state index in [0.717, 1.165) is 18.7 Å². The molecule has 0 saturated carbocycles. The van der Waals surface area contributed by atoms with Crippen molar-refractivity contribution in [1.82, 2.24) is 9.80 Å². The fraction of sp³-hybridized carbons (Fsp3) is 0.615. The Bertz CT molecular complexity index is 406. The Labute approximate surface area is 107 Å². The van der Waals surface area contributed by atoms with Crippen LogP contribution < -0.4 is 0 Å². The van der Waals surface area contributed by atoms with Crippen LogP contribution in [-0.4, -0.2) is 59.6 Å². The summed E-state index contributed by atoms with van der Waals surface area (Å²) in [4.78, 5) is 16.2. The summed E-state index contributed by atoms with van der Waals surface area (Å²) >= 11 is 0. The third-order valence-electron chi connectivity index (χ3n) is 3.24. The molecule has 0 bridgehead atoms. The van der Waals surface area contributed by atoms with Crippen LogP contribution in [0.3, 0.4) is 0 Å². The molecule has 0 unspecified atom stereocenters.